The number of halogens is 1. The number of benzene rings is 1. The van der Waals surface area contributed by atoms with Crippen LogP contribution in [0.2, 0.25) is 0 Å². The van der Waals surface area contributed by atoms with E-state index in [1.165, 1.54) is 0 Å². The quantitative estimate of drug-likeness (QED) is 0.379. The third kappa shape index (κ3) is 6.34. The van der Waals surface area contributed by atoms with Crippen LogP contribution in [0, 0.1) is 0 Å². The zero-order valence-corrected chi connectivity index (χ0v) is 19.3. The van der Waals surface area contributed by atoms with Crippen molar-refractivity contribution in [3.05, 3.63) is 48.3 Å². The second kappa shape index (κ2) is 11.6. The number of carbonyl (C=O) groups excluding carboxylic acids is 1. The molecule has 1 aromatic heterocycles. The molecule has 158 valence electrons. The summed E-state index contributed by atoms with van der Waals surface area (Å²) in [6.07, 6.45) is 3.46. The van der Waals surface area contributed by atoms with Crippen molar-refractivity contribution in [1.82, 2.24) is 24.9 Å². The van der Waals surface area contributed by atoms with Crippen molar-refractivity contribution in [1.29, 1.82) is 0 Å². The van der Waals surface area contributed by atoms with Gasteiger partial charge in [0.2, 0.25) is 0 Å². The van der Waals surface area contributed by atoms with E-state index in [0.717, 1.165) is 36.8 Å². The van der Waals surface area contributed by atoms with E-state index in [-0.39, 0.29) is 30.1 Å². The van der Waals surface area contributed by atoms with Gasteiger partial charge in [-0.3, -0.25) is 0 Å². The van der Waals surface area contributed by atoms with Gasteiger partial charge in [-0.2, -0.15) is 5.10 Å². The largest absolute Gasteiger partial charge is 0.450 e. The molecule has 9 heteroatoms. The first-order valence-corrected chi connectivity index (χ1v) is 9.75. The maximum absolute atomic E-state index is 11.9. The first kappa shape index (κ1) is 23.0. The summed E-state index contributed by atoms with van der Waals surface area (Å²) in [7, 11) is 0. The van der Waals surface area contributed by atoms with E-state index < -0.39 is 0 Å². The molecule has 29 heavy (non-hydrogen) atoms. The molecule has 0 saturated carbocycles. The number of guanidine groups is 1. The molecule has 1 aliphatic heterocycles. The van der Waals surface area contributed by atoms with Gasteiger partial charge in [-0.05, 0) is 37.6 Å². The molecule has 0 unspecified atom stereocenters. The van der Waals surface area contributed by atoms with Crippen molar-refractivity contribution in [3.8, 4) is 5.69 Å². The van der Waals surface area contributed by atoms with Crippen LogP contribution in [-0.2, 0) is 11.3 Å². The molecule has 3 rings (SSSR count). The van der Waals surface area contributed by atoms with Crippen LogP contribution in [0.1, 0.15) is 19.4 Å². The van der Waals surface area contributed by atoms with Crippen molar-refractivity contribution in [3.63, 3.8) is 0 Å². The van der Waals surface area contributed by atoms with Crippen LogP contribution in [0.4, 0.5) is 4.79 Å². The Bertz CT molecular complexity index is 788. The number of piperazine rings is 1. The fourth-order valence-corrected chi connectivity index (χ4v) is 3.13. The Labute approximate surface area is 188 Å². The second-order valence-electron chi connectivity index (χ2n) is 6.46. The molecule has 1 N–H and O–H groups in total. The Kier molecular flexibility index (Phi) is 9.23. The maximum Gasteiger partial charge on any atom is 0.409 e. The Balaban J connectivity index is 0.00000300. The fourth-order valence-electron chi connectivity index (χ4n) is 3.13. The molecule has 0 spiro atoms. The van der Waals surface area contributed by atoms with Gasteiger partial charge in [-0.1, -0.05) is 12.1 Å². The fraction of sp³-hybridized carbons (Fsp3) is 0.450. The van der Waals surface area contributed by atoms with Crippen LogP contribution in [0.5, 0.6) is 0 Å². The van der Waals surface area contributed by atoms with E-state index in [9.17, 15) is 4.79 Å². The van der Waals surface area contributed by atoms with E-state index in [1.807, 2.05) is 36.0 Å². The number of carbonyl (C=O) groups is 1. The minimum absolute atomic E-state index is 0. The number of rotatable bonds is 5. The molecular weight excluding hydrogens is 483 g/mol. The average molecular weight is 512 g/mol. The lowest BCUT2D eigenvalue weighted by Gasteiger charge is -2.35. The molecular formula is C20H29IN6O2. The smallest absolute Gasteiger partial charge is 0.409 e. The third-order valence-electron chi connectivity index (χ3n) is 4.53. The highest BCUT2D eigenvalue weighted by molar-refractivity contribution is 14.0. The van der Waals surface area contributed by atoms with Crippen LogP contribution < -0.4 is 5.32 Å². The first-order valence-electron chi connectivity index (χ1n) is 9.75. The van der Waals surface area contributed by atoms with Gasteiger partial charge in [0.05, 0.1) is 18.8 Å². The maximum atomic E-state index is 11.9. The summed E-state index contributed by atoms with van der Waals surface area (Å²) in [6.45, 7) is 8.40. The Morgan fingerprint density at radius 1 is 1.17 bits per heavy atom. The lowest BCUT2D eigenvalue weighted by molar-refractivity contribution is 0.0914. The monoisotopic (exact) mass is 512 g/mol. The topological polar surface area (TPSA) is 75.0 Å². The van der Waals surface area contributed by atoms with E-state index >= 15 is 0 Å². The van der Waals surface area contributed by atoms with Crippen molar-refractivity contribution in [2.45, 2.75) is 20.4 Å². The van der Waals surface area contributed by atoms with Crippen molar-refractivity contribution < 1.29 is 9.53 Å². The zero-order valence-electron chi connectivity index (χ0n) is 17.0. The lowest BCUT2D eigenvalue weighted by atomic mass is 10.2. The third-order valence-corrected chi connectivity index (χ3v) is 4.53. The summed E-state index contributed by atoms with van der Waals surface area (Å²) in [5, 5.41) is 7.64. The predicted octanol–water partition coefficient (Wildman–Crippen LogP) is 2.73. The van der Waals surface area contributed by atoms with Gasteiger partial charge < -0.3 is 19.9 Å². The summed E-state index contributed by atoms with van der Waals surface area (Å²) in [5.74, 6) is 0.871. The summed E-state index contributed by atoms with van der Waals surface area (Å²) >= 11 is 0. The van der Waals surface area contributed by atoms with E-state index in [2.05, 4.69) is 34.4 Å². The molecule has 1 aliphatic rings. The number of nitrogens with one attached hydrogen (secondary N) is 1. The van der Waals surface area contributed by atoms with Crippen LogP contribution >= 0.6 is 24.0 Å². The van der Waals surface area contributed by atoms with Gasteiger partial charge in [0.25, 0.3) is 0 Å². The van der Waals surface area contributed by atoms with Gasteiger partial charge >= 0.3 is 6.09 Å². The molecule has 0 bridgehead atoms. The normalized spacial score (nSPS) is 14.3. The molecule has 0 aliphatic carbocycles. The summed E-state index contributed by atoms with van der Waals surface area (Å²) in [4.78, 5) is 20.6. The molecule has 2 aromatic rings. The highest BCUT2D eigenvalue weighted by Crippen LogP contribution is 2.11. The molecule has 1 amide bonds. The predicted molar refractivity (Wildman–Crippen MR) is 124 cm³/mol. The molecule has 0 radical (unpaired) electrons. The Hall–Kier alpha value is -2.30. The molecule has 1 saturated heterocycles. The zero-order chi connectivity index (χ0) is 19.8. The molecule has 0 atom stereocenters. The number of nitrogens with zero attached hydrogens (tertiary/aromatic N) is 5. The van der Waals surface area contributed by atoms with E-state index in [4.69, 9.17) is 9.73 Å². The van der Waals surface area contributed by atoms with Crippen LogP contribution in [0.25, 0.3) is 5.69 Å². The first-order chi connectivity index (χ1) is 13.7. The van der Waals surface area contributed by atoms with Crippen molar-refractivity contribution in [2.24, 2.45) is 4.99 Å². The van der Waals surface area contributed by atoms with E-state index in [0.29, 0.717) is 26.2 Å². The number of aromatic nitrogens is 2. The number of amides is 1. The summed E-state index contributed by atoms with van der Waals surface area (Å²) in [6, 6.07) is 10.1. The lowest BCUT2D eigenvalue weighted by Crippen LogP contribution is -2.53. The van der Waals surface area contributed by atoms with Crippen molar-refractivity contribution in [2.75, 3.05) is 39.3 Å². The summed E-state index contributed by atoms with van der Waals surface area (Å²) in [5.41, 5.74) is 2.14. The standard InChI is InChI=1S/C20H28N6O2.HI/c1-3-21-19(24-11-13-25(14-12-24)20(27)28-4-2)22-16-17-7-5-8-18(15-17)26-10-6-9-23-26;/h5-10,15H,3-4,11-14,16H2,1-2H3,(H,21,22);1H. The minimum atomic E-state index is -0.237. The van der Waals surface area contributed by atoms with Crippen LogP contribution in [0.15, 0.2) is 47.7 Å². The number of hydrogen-bond donors (Lipinski definition) is 1. The van der Waals surface area contributed by atoms with Crippen LogP contribution in [0.3, 0.4) is 0 Å². The van der Waals surface area contributed by atoms with Crippen LogP contribution in [-0.4, -0.2) is 71.0 Å². The molecule has 2 heterocycles. The Morgan fingerprint density at radius 3 is 2.59 bits per heavy atom. The number of hydrogen-bond acceptors (Lipinski definition) is 4. The van der Waals surface area contributed by atoms with Gasteiger partial charge in [0, 0.05) is 45.1 Å². The number of aliphatic imine (C=N–C) groups is 1. The minimum Gasteiger partial charge on any atom is -0.450 e. The van der Waals surface area contributed by atoms with Gasteiger partial charge in [0.15, 0.2) is 5.96 Å². The highest BCUT2D eigenvalue weighted by atomic mass is 127. The second-order valence-corrected chi connectivity index (χ2v) is 6.46. The van der Waals surface area contributed by atoms with E-state index in [1.54, 1.807) is 11.1 Å². The molecule has 1 fully saturated rings. The van der Waals surface area contributed by atoms with Gasteiger partial charge in [-0.25, -0.2) is 14.5 Å². The number of ether oxygens (including phenoxy) is 1. The van der Waals surface area contributed by atoms with Crippen molar-refractivity contribution >= 4 is 36.0 Å². The molecule has 8 nitrogen and oxygen atoms in total. The summed E-state index contributed by atoms with van der Waals surface area (Å²) < 4.78 is 6.93. The van der Waals surface area contributed by atoms with Gasteiger partial charge in [0.1, 0.15) is 0 Å². The Morgan fingerprint density at radius 2 is 1.93 bits per heavy atom. The molecule has 1 aromatic carbocycles. The van der Waals surface area contributed by atoms with Gasteiger partial charge in [-0.15, -0.1) is 24.0 Å². The average Bonchev–Trinajstić information content (AvgIpc) is 3.27. The highest BCUT2D eigenvalue weighted by Gasteiger charge is 2.23. The SMILES string of the molecule is CCNC(=NCc1cccc(-n2cccn2)c1)N1CCN(C(=O)OCC)CC1.I.